The minimum Gasteiger partial charge on any atom is -0.309 e. The van der Waals surface area contributed by atoms with Gasteiger partial charge in [-0.3, -0.25) is 4.57 Å². The second-order valence-electron chi connectivity index (χ2n) is 10.3. The fourth-order valence-corrected chi connectivity index (χ4v) is 6.39. The molecule has 9 rings (SSSR count). The molecular weight excluding hydrogens is 488 g/mol. The Bertz CT molecular complexity index is 2430. The Balaban J connectivity index is 1.50. The van der Waals surface area contributed by atoms with Crippen LogP contribution in [-0.4, -0.2) is 19.1 Å². The van der Waals surface area contributed by atoms with Crippen LogP contribution in [0.15, 0.2) is 134 Å². The molecule has 0 spiro atoms. The number of rotatable bonds is 2. The van der Waals surface area contributed by atoms with Gasteiger partial charge >= 0.3 is 0 Å². The molecule has 0 aliphatic carbocycles. The van der Waals surface area contributed by atoms with E-state index in [2.05, 4.69) is 118 Å². The van der Waals surface area contributed by atoms with Gasteiger partial charge in [0.1, 0.15) is 0 Å². The van der Waals surface area contributed by atoms with Crippen LogP contribution in [0.5, 0.6) is 0 Å². The van der Waals surface area contributed by atoms with E-state index in [4.69, 9.17) is 9.97 Å². The van der Waals surface area contributed by atoms with Gasteiger partial charge in [0.2, 0.25) is 5.95 Å². The zero-order valence-electron chi connectivity index (χ0n) is 21.5. The highest BCUT2D eigenvalue weighted by Gasteiger charge is 2.21. The monoisotopic (exact) mass is 510 g/mol. The zero-order chi connectivity index (χ0) is 26.2. The number of hydrogen-bond donors (Lipinski definition) is 0. The van der Waals surface area contributed by atoms with Crippen molar-refractivity contribution in [1.29, 1.82) is 0 Å². The molecule has 0 atom stereocenters. The fraction of sp³-hybridized carbons (Fsp3) is 0. The van der Waals surface area contributed by atoms with Crippen LogP contribution in [-0.2, 0) is 0 Å². The molecule has 0 aliphatic heterocycles. The molecule has 4 nitrogen and oxygen atoms in total. The standard InChI is InChI=1S/C36H22N4/c1-2-13-26(14-3-1)39-31-18-19-32-34(35(31)28-20-23-10-4-5-11-24(23)21-33(28)39)27-15-7-9-17-30(27)40(32)36-37-22-25-12-6-8-16-29(25)38-36/h1-22H. The van der Waals surface area contributed by atoms with Crippen LogP contribution in [0.3, 0.4) is 0 Å². The maximum atomic E-state index is 5.00. The molecule has 0 saturated heterocycles. The van der Waals surface area contributed by atoms with Gasteiger partial charge < -0.3 is 4.57 Å². The largest absolute Gasteiger partial charge is 0.309 e. The van der Waals surface area contributed by atoms with Crippen molar-refractivity contribution in [3.05, 3.63) is 134 Å². The average Bonchev–Trinajstić information content (AvgIpc) is 3.52. The number of aromatic nitrogens is 4. The van der Waals surface area contributed by atoms with Crippen LogP contribution < -0.4 is 0 Å². The van der Waals surface area contributed by atoms with E-state index in [1.54, 1.807) is 0 Å². The molecule has 0 aliphatic rings. The number of fused-ring (bicyclic) bond motifs is 9. The number of hydrogen-bond acceptors (Lipinski definition) is 2. The number of para-hydroxylation sites is 3. The maximum Gasteiger partial charge on any atom is 0.235 e. The van der Waals surface area contributed by atoms with E-state index in [0.717, 1.165) is 27.6 Å². The Morgan fingerprint density at radius 3 is 1.95 bits per heavy atom. The molecule has 3 aromatic heterocycles. The van der Waals surface area contributed by atoms with Crippen molar-refractivity contribution < 1.29 is 0 Å². The molecular formula is C36H22N4. The lowest BCUT2D eigenvalue weighted by Gasteiger charge is -2.09. The summed E-state index contributed by atoms with van der Waals surface area (Å²) in [6.07, 6.45) is 1.92. The fourth-order valence-electron chi connectivity index (χ4n) is 6.39. The highest BCUT2D eigenvalue weighted by atomic mass is 15.2. The Hall–Kier alpha value is -5.48. The van der Waals surface area contributed by atoms with Crippen molar-refractivity contribution in [1.82, 2.24) is 19.1 Å². The summed E-state index contributed by atoms with van der Waals surface area (Å²) in [5.41, 5.74) is 6.67. The molecule has 0 amide bonds. The average molecular weight is 511 g/mol. The van der Waals surface area contributed by atoms with Gasteiger partial charge in [-0.2, -0.15) is 0 Å². The number of benzene rings is 6. The van der Waals surface area contributed by atoms with Crippen LogP contribution in [0, 0.1) is 0 Å². The summed E-state index contributed by atoms with van der Waals surface area (Å²) in [5, 5.41) is 8.41. The molecule has 9 aromatic rings. The highest BCUT2D eigenvalue weighted by molar-refractivity contribution is 6.29. The summed E-state index contributed by atoms with van der Waals surface area (Å²) in [6, 6.07) is 45.2. The Morgan fingerprint density at radius 1 is 0.450 bits per heavy atom. The topological polar surface area (TPSA) is 35.6 Å². The summed E-state index contributed by atoms with van der Waals surface area (Å²) >= 11 is 0. The molecule has 0 fully saturated rings. The van der Waals surface area contributed by atoms with Gasteiger partial charge in [-0.15, -0.1) is 0 Å². The van der Waals surface area contributed by atoms with Gasteiger partial charge in [-0.05, 0) is 59.3 Å². The molecule has 40 heavy (non-hydrogen) atoms. The first-order valence-electron chi connectivity index (χ1n) is 13.5. The van der Waals surface area contributed by atoms with Crippen LogP contribution >= 0.6 is 0 Å². The first kappa shape index (κ1) is 21.5. The predicted octanol–water partition coefficient (Wildman–Crippen LogP) is 8.98. The second-order valence-corrected chi connectivity index (χ2v) is 10.3. The third kappa shape index (κ3) is 2.90. The molecule has 6 aromatic carbocycles. The van der Waals surface area contributed by atoms with Crippen molar-refractivity contribution in [2.24, 2.45) is 0 Å². The van der Waals surface area contributed by atoms with Gasteiger partial charge in [0, 0.05) is 38.8 Å². The Morgan fingerprint density at radius 2 is 1.10 bits per heavy atom. The Labute approximate surface area is 229 Å². The van der Waals surface area contributed by atoms with Crippen LogP contribution in [0.4, 0.5) is 0 Å². The van der Waals surface area contributed by atoms with Crippen molar-refractivity contribution >= 4 is 65.3 Å². The summed E-state index contributed by atoms with van der Waals surface area (Å²) in [4.78, 5) is 9.83. The third-order valence-corrected chi connectivity index (χ3v) is 8.12. The van der Waals surface area contributed by atoms with Crippen molar-refractivity contribution in [3.63, 3.8) is 0 Å². The van der Waals surface area contributed by atoms with Gasteiger partial charge in [0.05, 0.1) is 27.6 Å². The van der Waals surface area contributed by atoms with Gasteiger partial charge in [-0.1, -0.05) is 78.9 Å². The van der Waals surface area contributed by atoms with E-state index in [9.17, 15) is 0 Å². The van der Waals surface area contributed by atoms with E-state index < -0.39 is 0 Å². The van der Waals surface area contributed by atoms with E-state index in [1.165, 1.54) is 43.4 Å². The summed E-state index contributed by atoms with van der Waals surface area (Å²) in [6.45, 7) is 0. The lowest BCUT2D eigenvalue weighted by Crippen LogP contribution is -2.00. The minimum atomic E-state index is 0.682. The first-order valence-corrected chi connectivity index (χ1v) is 13.5. The minimum absolute atomic E-state index is 0.682. The molecule has 0 bridgehead atoms. The molecule has 186 valence electrons. The van der Waals surface area contributed by atoms with E-state index in [0.29, 0.717) is 5.95 Å². The normalized spacial score (nSPS) is 12.0. The summed E-state index contributed by atoms with van der Waals surface area (Å²) < 4.78 is 4.61. The number of nitrogens with zero attached hydrogens (tertiary/aromatic N) is 4. The lowest BCUT2D eigenvalue weighted by atomic mass is 10.0. The molecule has 0 N–H and O–H groups in total. The SMILES string of the molecule is c1ccc(-n2c3cc4ccccc4cc3c3c4c5ccccc5n(-c5ncc6ccccc6n5)c4ccc32)cc1. The van der Waals surface area contributed by atoms with Gasteiger partial charge in [-0.25, -0.2) is 9.97 Å². The summed E-state index contributed by atoms with van der Waals surface area (Å²) in [5.74, 6) is 0.682. The smallest absolute Gasteiger partial charge is 0.235 e. The quantitative estimate of drug-likeness (QED) is 0.233. The van der Waals surface area contributed by atoms with Crippen LogP contribution in [0.2, 0.25) is 0 Å². The van der Waals surface area contributed by atoms with Crippen molar-refractivity contribution in [2.75, 3.05) is 0 Å². The van der Waals surface area contributed by atoms with Crippen LogP contribution in [0.1, 0.15) is 0 Å². The van der Waals surface area contributed by atoms with Gasteiger partial charge in [0.25, 0.3) is 0 Å². The third-order valence-electron chi connectivity index (χ3n) is 8.12. The Kier molecular flexibility index (Phi) is 4.30. The molecule has 0 radical (unpaired) electrons. The molecule has 0 unspecified atom stereocenters. The van der Waals surface area contributed by atoms with Crippen molar-refractivity contribution in [3.8, 4) is 11.6 Å². The van der Waals surface area contributed by atoms with E-state index >= 15 is 0 Å². The zero-order valence-corrected chi connectivity index (χ0v) is 21.5. The van der Waals surface area contributed by atoms with E-state index in [-0.39, 0.29) is 0 Å². The van der Waals surface area contributed by atoms with E-state index in [1.807, 2.05) is 24.4 Å². The molecule has 0 saturated carbocycles. The molecule has 3 heterocycles. The first-order chi connectivity index (χ1) is 19.8. The van der Waals surface area contributed by atoms with Gasteiger partial charge in [0.15, 0.2) is 0 Å². The maximum absolute atomic E-state index is 5.00. The second kappa shape index (κ2) is 8.01. The lowest BCUT2D eigenvalue weighted by molar-refractivity contribution is 1.01. The van der Waals surface area contributed by atoms with Crippen molar-refractivity contribution in [2.45, 2.75) is 0 Å². The molecule has 4 heteroatoms. The predicted molar refractivity (Wildman–Crippen MR) is 166 cm³/mol. The van der Waals surface area contributed by atoms with Crippen LogP contribution in [0.25, 0.3) is 76.9 Å². The highest BCUT2D eigenvalue weighted by Crippen LogP contribution is 2.43. The summed E-state index contributed by atoms with van der Waals surface area (Å²) in [7, 11) is 0.